The van der Waals surface area contributed by atoms with Crippen molar-refractivity contribution < 1.29 is 21.9 Å². The van der Waals surface area contributed by atoms with Crippen LogP contribution in [-0.4, -0.2) is 26.5 Å². The Morgan fingerprint density at radius 3 is 2.57 bits per heavy atom. The van der Waals surface area contributed by atoms with Crippen molar-refractivity contribution in [2.24, 2.45) is 3.77 Å². The van der Waals surface area contributed by atoms with Crippen LogP contribution < -0.4 is 4.74 Å². The van der Waals surface area contributed by atoms with Crippen molar-refractivity contribution in [1.82, 2.24) is 0 Å². The molecule has 2 rings (SSSR count). The first-order chi connectivity index (χ1) is 9.94. The Bertz CT molecular complexity index is 704. The SMILES string of the molecule is N#Cc1c(OC(F)F)cccc1S(=O)(=O)N=S1CCCC1. The molecule has 0 aromatic heterocycles. The van der Waals surface area contributed by atoms with Crippen LogP contribution in [0.3, 0.4) is 0 Å². The molecule has 0 unspecified atom stereocenters. The molecule has 0 bridgehead atoms. The molecule has 1 aliphatic heterocycles. The first-order valence-corrected chi connectivity index (χ1v) is 9.03. The Morgan fingerprint density at radius 2 is 2.00 bits per heavy atom. The maximum Gasteiger partial charge on any atom is 0.387 e. The number of halogens is 2. The maximum atomic E-state index is 12.3. The highest BCUT2D eigenvalue weighted by Crippen LogP contribution is 2.28. The smallest absolute Gasteiger partial charge is 0.387 e. The second-order valence-electron chi connectivity index (χ2n) is 4.25. The van der Waals surface area contributed by atoms with E-state index in [9.17, 15) is 17.2 Å². The van der Waals surface area contributed by atoms with Gasteiger partial charge in [-0.1, -0.05) is 16.8 Å². The molecule has 1 aromatic carbocycles. The van der Waals surface area contributed by atoms with Gasteiger partial charge in [0.05, 0.1) is 0 Å². The minimum atomic E-state index is -4.05. The van der Waals surface area contributed by atoms with Gasteiger partial charge in [-0.05, 0) is 25.0 Å². The fourth-order valence-electron chi connectivity index (χ4n) is 1.92. The average Bonchev–Trinajstić information content (AvgIpc) is 2.90. The Hall–Kier alpha value is -1.53. The van der Waals surface area contributed by atoms with Crippen molar-refractivity contribution in [3.63, 3.8) is 0 Å². The van der Waals surface area contributed by atoms with E-state index in [-0.39, 0.29) is 4.90 Å². The van der Waals surface area contributed by atoms with E-state index in [1.54, 1.807) is 6.07 Å². The molecule has 1 saturated heterocycles. The minimum absolute atomic E-state index is 0.387. The third-order valence-electron chi connectivity index (χ3n) is 2.81. The summed E-state index contributed by atoms with van der Waals surface area (Å²) in [5.41, 5.74) is -0.440. The van der Waals surface area contributed by atoms with Crippen molar-refractivity contribution in [3.05, 3.63) is 23.8 Å². The number of hydrogen-bond donors (Lipinski definition) is 0. The van der Waals surface area contributed by atoms with Gasteiger partial charge < -0.3 is 4.74 Å². The standard InChI is InChI=1S/C12H12F2N2O3S2/c13-12(14)19-10-4-3-5-11(9(10)8-15)21(17,18)16-20-6-1-2-7-20/h3-5,12H,1-2,6-7H2. The highest BCUT2D eigenvalue weighted by Gasteiger charge is 2.23. The summed E-state index contributed by atoms with van der Waals surface area (Å²) in [4.78, 5) is -0.387. The second-order valence-corrected chi connectivity index (χ2v) is 7.97. The van der Waals surface area contributed by atoms with E-state index in [2.05, 4.69) is 8.50 Å². The maximum absolute atomic E-state index is 12.3. The van der Waals surface area contributed by atoms with Crippen LogP contribution in [0.25, 0.3) is 0 Å². The van der Waals surface area contributed by atoms with Crippen molar-refractivity contribution in [2.45, 2.75) is 24.3 Å². The predicted octanol–water partition coefficient (Wildman–Crippen LogP) is 2.44. The zero-order valence-corrected chi connectivity index (χ0v) is 12.5. The molecule has 0 radical (unpaired) electrons. The van der Waals surface area contributed by atoms with Crippen molar-refractivity contribution >= 4 is 20.7 Å². The number of rotatable bonds is 4. The van der Waals surface area contributed by atoms with E-state index in [4.69, 9.17) is 5.26 Å². The van der Waals surface area contributed by atoms with E-state index in [0.29, 0.717) is 11.5 Å². The van der Waals surface area contributed by atoms with Gasteiger partial charge >= 0.3 is 6.61 Å². The number of hydrogen-bond acceptors (Lipinski definition) is 4. The van der Waals surface area contributed by atoms with Crippen LogP contribution >= 0.6 is 0 Å². The van der Waals surface area contributed by atoms with E-state index >= 15 is 0 Å². The van der Waals surface area contributed by atoms with Crippen LogP contribution in [0.2, 0.25) is 0 Å². The largest absolute Gasteiger partial charge is 0.433 e. The summed E-state index contributed by atoms with van der Waals surface area (Å²) in [7, 11) is -4.64. The number of sulfonamides is 1. The Balaban J connectivity index is 2.48. The fourth-order valence-corrected chi connectivity index (χ4v) is 5.88. The van der Waals surface area contributed by atoms with Crippen LogP contribution in [0.5, 0.6) is 5.75 Å². The molecule has 0 atom stereocenters. The van der Waals surface area contributed by atoms with Gasteiger partial charge in [0.2, 0.25) is 0 Å². The monoisotopic (exact) mass is 334 g/mol. The molecule has 9 heteroatoms. The average molecular weight is 334 g/mol. The Kier molecular flexibility index (Phi) is 4.90. The summed E-state index contributed by atoms with van der Waals surface area (Å²) in [6, 6.07) is 5.16. The molecule has 0 aliphatic carbocycles. The summed E-state index contributed by atoms with van der Waals surface area (Å²) in [5.74, 6) is 0.946. The molecule has 0 spiro atoms. The second kappa shape index (κ2) is 6.49. The van der Waals surface area contributed by atoms with Crippen LogP contribution in [0.1, 0.15) is 18.4 Å². The Labute approximate surface area is 123 Å². The molecular weight excluding hydrogens is 322 g/mol. The van der Waals surface area contributed by atoms with Gasteiger partial charge in [-0.3, -0.25) is 0 Å². The number of nitrogens with zero attached hydrogens (tertiary/aromatic N) is 2. The molecular formula is C12H12F2N2O3S2. The summed E-state index contributed by atoms with van der Waals surface area (Å²) in [5, 5.41) is 9.06. The lowest BCUT2D eigenvalue weighted by Gasteiger charge is -2.09. The van der Waals surface area contributed by atoms with Crippen LogP contribution in [0.4, 0.5) is 8.78 Å². The molecule has 1 heterocycles. The number of nitriles is 1. The molecule has 0 saturated carbocycles. The molecule has 1 aromatic rings. The molecule has 1 aliphatic rings. The molecule has 21 heavy (non-hydrogen) atoms. The summed E-state index contributed by atoms with van der Waals surface area (Å²) in [6.45, 7) is -3.14. The van der Waals surface area contributed by atoms with E-state index in [1.807, 2.05) is 0 Å². The molecule has 5 nitrogen and oxygen atoms in total. The van der Waals surface area contributed by atoms with Crippen molar-refractivity contribution in [3.8, 4) is 11.8 Å². The molecule has 1 fully saturated rings. The normalized spacial score (nSPS) is 15.9. The third-order valence-corrected chi connectivity index (χ3v) is 6.85. The predicted molar refractivity (Wildman–Crippen MR) is 73.7 cm³/mol. The molecule has 0 N–H and O–H groups in total. The summed E-state index contributed by atoms with van der Waals surface area (Å²) >= 11 is 0. The lowest BCUT2D eigenvalue weighted by atomic mass is 10.2. The first kappa shape index (κ1) is 15.9. The van der Waals surface area contributed by atoms with Crippen LogP contribution in [0, 0.1) is 11.3 Å². The third kappa shape index (κ3) is 3.77. The molecule has 0 amide bonds. The van der Waals surface area contributed by atoms with Gasteiger partial charge in [0.25, 0.3) is 10.0 Å². The van der Waals surface area contributed by atoms with Crippen molar-refractivity contribution in [1.29, 1.82) is 5.26 Å². The minimum Gasteiger partial charge on any atom is -0.433 e. The van der Waals surface area contributed by atoms with Gasteiger partial charge in [0, 0.05) is 11.5 Å². The van der Waals surface area contributed by atoms with Gasteiger partial charge in [0.1, 0.15) is 22.3 Å². The van der Waals surface area contributed by atoms with E-state index in [1.165, 1.54) is 12.1 Å². The number of alkyl halides is 2. The van der Waals surface area contributed by atoms with Crippen LogP contribution in [0.15, 0.2) is 26.9 Å². The Morgan fingerprint density at radius 1 is 1.33 bits per heavy atom. The van der Waals surface area contributed by atoms with E-state index in [0.717, 1.165) is 18.9 Å². The lowest BCUT2D eigenvalue weighted by molar-refractivity contribution is -0.0501. The fraction of sp³-hybridized carbons (Fsp3) is 0.417. The van der Waals surface area contributed by atoms with Gasteiger partial charge in [0.15, 0.2) is 0 Å². The highest BCUT2D eigenvalue weighted by molar-refractivity contribution is 8.00. The van der Waals surface area contributed by atoms with Gasteiger partial charge in [-0.15, -0.1) is 3.77 Å². The zero-order valence-electron chi connectivity index (χ0n) is 10.8. The van der Waals surface area contributed by atoms with E-state index < -0.39 is 38.6 Å². The summed E-state index contributed by atoms with van der Waals surface area (Å²) < 4.78 is 57.1. The summed E-state index contributed by atoms with van der Waals surface area (Å²) in [6.07, 6.45) is 1.84. The highest BCUT2D eigenvalue weighted by atomic mass is 32.3. The number of ether oxygens (including phenoxy) is 1. The number of benzene rings is 1. The zero-order chi connectivity index (χ0) is 15.5. The topological polar surface area (TPSA) is 79.5 Å². The van der Waals surface area contributed by atoms with Crippen molar-refractivity contribution in [2.75, 3.05) is 11.5 Å². The lowest BCUT2D eigenvalue weighted by Crippen LogP contribution is -2.08. The quantitative estimate of drug-likeness (QED) is 0.847. The molecule has 114 valence electrons. The van der Waals surface area contributed by atoms with Gasteiger partial charge in [-0.2, -0.15) is 22.5 Å². The first-order valence-electron chi connectivity index (χ1n) is 6.07. The van der Waals surface area contributed by atoms with Gasteiger partial charge in [-0.25, -0.2) is 0 Å². The van der Waals surface area contributed by atoms with Crippen LogP contribution in [-0.2, 0) is 20.7 Å².